The SMILES string of the molecule is CC1COCCN1c1nccc2[nH]cnc12. The van der Waals surface area contributed by atoms with Crippen molar-refractivity contribution in [1.82, 2.24) is 15.0 Å². The minimum absolute atomic E-state index is 0.351. The summed E-state index contributed by atoms with van der Waals surface area (Å²) < 4.78 is 5.43. The van der Waals surface area contributed by atoms with Crippen molar-refractivity contribution in [2.24, 2.45) is 0 Å². The maximum Gasteiger partial charge on any atom is 0.157 e. The van der Waals surface area contributed by atoms with Gasteiger partial charge in [-0.1, -0.05) is 0 Å². The Labute approximate surface area is 93.5 Å². The van der Waals surface area contributed by atoms with E-state index < -0.39 is 0 Å². The number of aromatic amines is 1. The minimum Gasteiger partial charge on any atom is -0.377 e. The molecule has 3 rings (SSSR count). The van der Waals surface area contributed by atoms with Crippen molar-refractivity contribution in [2.75, 3.05) is 24.7 Å². The zero-order valence-electron chi connectivity index (χ0n) is 9.18. The maximum absolute atomic E-state index is 5.43. The van der Waals surface area contributed by atoms with Crippen LogP contribution in [0, 0.1) is 0 Å². The van der Waals surface area contributed by atoms with E-state index in [4.69, 9.17) is 4.74 Å². The molecule has 0 aliphatic carbocycles. The van der Waals surface area contributed by atoms with Crippen LogP contribution in [0.5, 0.6) is 0 Å². The summed E-state index contributed by atoms with van der Waals surface area (Å²) in [5.74, 6) is 0.953. The Kier molecular flexibility index (Phi) is 2.25. The molecule has 2 aromatic rings. The Bertz CT molecular complexity index is 495. The van der Waals surface area contributed by atoms with Gasteiger partial charge in [0, 0.05) is 12.7 Å². The zero-order chi connectivity index (χ0) is 11.0. The van der Waals surface area contributed by atoms with Crippen LogP contribution in [0.15, 0.2) is 18.6 Å². The van der Waals surface area contributed by atoms with Crippen molar-refractivity contribution in [2.45, 2.75) is 13.0 Å². The Morgan fingerprint density at radius 3 is 3.31 bits per heavy atom. The van der Waals surface area contributed by atoms with Crippen LogP contribution in [-0.2, 0) is 4.74 Å². The highest BCUT2D eigenvalue weighted by Crippen LogP contribution is 2.24. The summed E-state index contributed by atoms with van der Waals surface area (Å²) >= 11 is 0. The first kappa shape index (κ1) is 9.59. The third-order valence-corrected chi connectivity index (χ3v) is 2.96. The van der Waals surface area contributed by atoms with Crippen LogP contribution < -0.4 is 4.90 Å². The van der Waals surface area contributed by atoms with E-state index in [2.05, 4.69) is 26.8 Å². The van der Waals surface area contributed by atoms with Crippen LogP contribution in [0.1, 0.15) is 6.92 Å². The molecule has 1 unspecified atom stereocenters. The van der Waals surface area contributed by atoms with Gasteiger partial charge in [0.05, 0.1) is 31.1 Å². The van der Waals surface area contributed by atoms with Crippen LogP contribution >= 0.6 is 0 Å². The highest BCUT2D eigenvalue weighted by Gasteiger charge is 2.22. The van der Waals surface area contributed by atoms with Gasteiger partial charge in [0.1, 0.15) is 5.52 Å². The Hall–Kier alpha value is -1.62. The molecule has 0 amide bonds. The lowest BCUT2D eigenvalue weighted by Crippen LogP contribution is -2.44. The Morgan fingerprint density at radius 1 is 1.50 bits per heavy atom. The number of fused-ring (bicyclic) bond motifs is 1. The molecule has 0 aromatic carbocycles. The van der Waals surface area contributed by atoms with Crippen LogP contribution in [0.25, 0.3) is 11.0 Å². The summed E-state index contributed by atoms with van der Waals surface area (Å²) in [5.41, 5.74) is 1.97. The largest absolute Gasteiger partial charge is 0.377 e. The highest BCUT2D eigenvalue weighted by atomic mass is 16.5. The average Bonchev–Trinajstić information content (AvgIpc) is 2.77. The number of hydrogen-bond acceptors (Lipinski definition) is 4. The van der Waals surface area contributed by atoms with Crippen LogP contribution in [0.2, 0.25) is 0 Å². The second-order valence-electron chi connectivity index (χ2n) is 4.05. The molecule has 0 bridgehead atoms. The monoisotopic (exact) mass is 218 g/mol. The summed E-state index contributed by atoms with van der Waals surface area (Å²) in [7, 11) is 0. The molecular weight excluding hydrogens is 204 g/mol. The van der Waals surface area contributed by atoms with E-state index in [0.717, 1.165) is 36.6 Å². The molecule has 0 radical (unpaired) electrons. The first-order valence-corrected chi connectivity index (χ1v) is 5.49. The van der Waals surface area contributed by atoms with Gasteiger partial charge in [0.2, 0.25) is 0 Å². The Morgan fingerprint density at radius 2 is 2.44 bits per heavy atom. The second-order valence-corrected chi connectivity index (χ2v) is 4.05. The molecule has 16 heavy (non-hydrogen) atoms. The zero-order valence-corrected chi connectivity index (χ0v) is 9.18. The maximum atomic E-state index is 5.43. The third kappa shape index (κ3) is 1.44. The lowest BCUT2D eigenvalue weighted by Gasteiger charge is -2.34. The van der Waals surface area contributed by atoms with Crippen molar-refractivity contribution in [3.8, 4) is 0 Å². The number of aromatic nitrogens is 3. The molecule has 2 aromatic heterocycles. The summed E-state index contributed by atoms with van der Waals surface area (Å²) in [6, 6.07) is 2.29. The van der Waals surface area contributed by atoms with Gasteiger partial charge in [-0.15, -0.1) is 0 Å². The van der Waals surface area contributed by atoms with Gasteiger partial charge in [0.15, 0.2) is 5.82 Å². The number of morpholine rings is 1. The third-order valence-electron chi connectivity index (χ3n) is 2.96. The fourth-order valence-corrected chi connectivity index (χ4v) is 2.11. The first-order chi connectivity index (χ1) is 7.86. The van der Waals surface area contributed by atoms with Gasteiger partial charge >= 0.3 is 0 Å². The van der Waals surface area contributed by atoms with E-state index in [1.807, 2.05) is 12.3 Å². The van der Waals surface area contributed by atoms with Crippen molar-refractivity contribution < 1.29 is 4.74 Å². The van der Waals surface area contributed by atoms with Gasteiger partial charge in [-0.2, -0.15) is 0 Å². The van der Waals surface area contributed by atoms with Crippen molar-refractivity contribution in [3.63, 3.8) is 0 Å². The van der Waals surface area contributed by atoms with E-state index in [1.165, 1.54) is 0 Å². The number of H-pyrrole nitrogens is 1. The lowest BCUT2D eigenvalue weighted by atomic mass is 10.2. The Balaban J connectivity index is 2.07. The van der Waals surface area contributed by atoms with E-state index in [1.54, 1.807) is 6.33 Å². The summed E-state index contributed by atoms with van der Waals surface area (Å²) in [4.78, 5) is 14.1. The quantitative estimate of drug-likeness (QED) is 0.781. The molecule has 1 aliphatic heterocycles. The van der Waals surface area contributed by atoms with Crippen molar-refractivity contribution >= 4 is 16.9 Å². The molecular formula is C11H14N4O. The average molecular weight is 218 g/mol. The molecule has 5 nitrogen and oxygen atoms in total. The summed E-state index contributed by atoms with van der Waals surface area (Å²) in [6.07, 6.45) is 3.53. The first-order valence-electron chi connectivity index (χ1n) is 5.49. The fourth-order valence-electron chi connectivity index (χ4n) is 2.11. The van der Waals surface area contributed by atoms with E-state index >= 15 is 0 Å². The molecule has 84 valence electrons. The van der Waals surface area contributed by atoms with Gasteiger partial charge in [-0.25, -0.2) is 9.97 Å². The molecule has 1 aliphatic rings. The van der Waals surface area contributed by atoms with Crippen LogP contribution in [0.4, 0.5) is 5.82 Å². The molecule has 1 saturated heterocycles. The number of ether oxygens (including phenoxy) is 1. The lowest BCUT2D eigenvalue weighted by molar-refractivity contribution is 0.0987. The molecule has 0 saturated carbocycles. The summed E-state index contributed by atoms with van der Waals surface area (Å²) in [6.45, 7) is 4.53. The van der Waals surface area contributed by atoms with Gasteiger partial charge in [-0.3, -0.25) is 0 Å². The number of rotatable bonds is 1. The fraction of sp³-hybridized carbons (Fsp3) is 0.455. The van der Waals surface area contributed by atoms with Crippen molar-refractivity contribution in [1.29, 1.82) is 0 Å². The van der Waals surface area contributed by atoms with Crippen LogP contribution in [0.3, 0.4) is 0 Å². The van der Waals surface area contributed by atoms with Crippen LogP contribution in [-0.4, -0.2) is 40.8 Å². The predicted octanol–water partition coefficient (Wildman–Crippen LogP) is 1.18. The topological polar surface area (TPSA) is 54.0 Å². The minimum atomic E-state index is 0.351. The molecule has 5 heteroatoms. The number of pyridine rings is 1. The molecule has 1 fully saturated rings. The normalized spacial score (nSPS) is 21.6. The van der Waals surface area contributed by atoms with Gasteiger partial charge in [0.25, 0.3) is 0 Å². The van der Waals surface area contributed by atoms with Crippen molar-refractivity contribution in [3.05, 3.63) is 18.6 Å². The number of nitrogens with one attached hydrogen (secondary N) is 1. The predicted molar refractivity (Wildman–Crippen MR) is 61.5 cm³/mol. The summed E-state index contributed by atoms with van der Waals surface area (Å²) in [5, 5.41) is 0. The molecule has 3 heterocycles. The number of imidazole rings is 1. The van der Waals surface area contributed by atoms with Gasteiger partial charge in [-0.05, 0) is 13.0 Å². The molecule has 1 atom stereocenters. The number of nitrogens with zero attached hydrogens (tertiary/aromatic N) is 3. The van der Waals surface area contributed by atoms with E-state index in [9.17, 15) is 0 Å². The van der Waals surface area contributed by atoms with E-state index in [-0.39, 0.29) is 0 Å². The van der Waals surface area contributed by atoms with E-state index in [0.29, 0.717) is 6.04 Å². The second kappa shape index (κ2) is 3.75. The van der Waals surface area contributed by atoms with Gasteiger partial charge < -0.3 is 14.6 Å². The standard InChI is InChI=1S/C11H14N4O/c1-8-6-16-5-4-15(8)11-10-9(2-3-12-11)13-7-14-10/h2-3,7-8H,4-6H2,1H3,(H,13,14). The highest BCUT2D eigenvalue weighted by molar-refractivity contribution is 5.85. The number of anilines is 1. The molecule has 1 N–H and O–H groups in total. The number of hydrogen-bond donors (Lipinski definition) is 1. The smallest absolute Gasteiger partial charge is 0.157 e. The molecule has 0 spiro atoms.